The van der Waals surface area contributed by atoms with Crippen molar-refractivity contribution in [3.63, 3.8) is 0 Å². The SMILES string of the molecule is C=CCC(=O)Oc1ccc(-c2ccc(OC(=O)C=C)c(F)c2F)c(F)c1. The van der Waals surface area contributed by atoms with Crippen LogP contribution in [-0.4, -0.2) is 11.9 Å². The Hall–Kier alpha value is -3.35. The summed E-state index contributed by atoms with van der Waals surface area (Å²) in [6.07, 6.45) is 2.05. The van der Waals surface area contributed by atoms with Gasteiger partial charge in [-0.3, -0.25) is 4.79 Å². The summed E-state index contributed by atoms with van der Waals surface area (Å²) in [5.41, 5.74) is -0.645. The van der Waals surface area contributed by atoms with Gasteiger partial charge in [-0.1, -0.05) is 12.7 Å². The lowest BCUT2D eigenvalue weighted by Crippen LogP contribution is -2.07. The quantitative estimate of drug-likeness (QED) is 0.332. The van der Waals surface area contributed by atoms with Crippen LogP contribution >= 0.6 is 0 Å². The van der Waals surface area contributed by atoms with Crippen molar-refractivity contribution in [2.24, 2.45) is 0 Å². The number of halogens is 3. The number of hydrogen-bond acceptors (Lipinski definition) is 4. The molecule has 0 aromatic heterocycles. The summed E-state index contributed by atoms with van der Waals surface area (Å²) in [7, 11) is 0. The van der Waals surface area contributed by atoms with Crippen LogP contribution in [0.5, 0.6) is 11.5 Å². The highest BCUT2D eigenvalue weighted by molar-refractivity contribution is 5.83. The molecule has 4 nitrogen and oxygen atoms in total. The van der Waals surface area contributed by atoms with Crippen molar-refractivity contribution in [3.05, 3.63) is 73.1 Å². The number of benzene rings is 2. The average molecular weight is 362 g/mol. The summed E-state index contributed by atoms with van der Waals surface area (Å²) in [6.45, 7) is 6.52. The van der Waals surface area contributed by atoms with Crippen molar-refractivity contribution < 1.29 is 32.2 Å². The van der Waals surface area contributed by atoms with Crippen LogP contribution in [0.2, 0.25) is 0 Å². The molecule has 134 valence electrons. The van der Waals surface area contributed by atoms with Gasteiger partial charge >= 0.3 is 11.9 Å². The van der Waals surface area contributed by atoms with Gasteiger partial charge in [-0.2, -0.15) is 4.39 Å². The third-order valence-corrected chi connectivity index (χ3v) is 3.20. The Labute approximate surface area is 147 Å². The second kappa shape index (κ2) is 8.15. The molecule has 0 heterocycles. The number of hydrogen-bond donors (Lipinski definition) is 0. The van der Waals surface area contributed by atoms with Gasteiger partial charge in [-0.25, -0.2) is 13.6 Å². The predicted octanol–water partition coefficient (Wildman–Crippen LogP) is 4.34. The number of esters is 2. The fourth-order valence-electron chi connectivity index (χ4n) is 2.04. The molecule has 0 aliphatic carbocycles. The molecule has 0 atom stereocenters. The molecule has 7 heteroatoms. The minimum atomic E-state index is -1.45. The lowest BCUT2D eigenvalue weighted by molar-refractivity contribution is -0.133. The number of rotatable bonds is 6. The van der Waals surface area contributed by atoms with Crippen LogP contribution in [0.3, 0.4) is 0 Å². The van der Waals surface area contributed by atoms with Crippen molar-refractivity contribution in [1.82, 2.24) is 0 Å². The van der Waals surface area contributed by atoms with Crippen molar-refractivity contribution in [2.45, 2.75) is 6.42 Å². The van der Waals surface area contributed by atoms with Crippen LogP contribution in [-0.2, 0) is 9.59 Å². The summed E-state index contributed by atoms with van der Waals surface area (Å²) in [4.78, 5) is 22.4. The smallest absolute Gasteiger partial charge is 0.335 e. The van der Waals surface area contributed by atoms with Crippen molar-refractivity contribution in [1.29, 1.82) is 0 Å². The molecule has 26 heavy (non-hydrogen) atoms. The van der Waals surface area contributed by atoms with Gasteiger partial charge in [0.25, 0.3) is 0 Å². The third kappa shape index (κ3) is 4.18. The van der Waals surface area contributed by atoms with E-state index in [4.69, 9.17) is 4.74 Å². The first-order valence-corrected chi connectivity index (χ1v) is 7.31. The van der Waals surface area contributed by atoms with Crippen molar-refractivity contribution in [2.75, 3.05) is 0 Å². The van der Waals surface area contributed by atoms with Crippen LogP contribution in [0.15, 0.2) is 55.6 Å². The van der Waals surface area contributed by atoms with E-state index in [0.29, 0.717) is 0 Å². The van der Waals surface area contributed by atoms with Gasteiger partial charge < -0.3 is 9.47 Å². The molecule has 0 aliphatic rings. The van der Waals surface area contributed by atoms with E-state index in [1.165, 1.54) is 12.1 Å². The minimum Gasteiger partial charge on any atom is -0.426 e. The monoisotopic (exact) mass is 362 g/mol. The molecule has 2 rings (SSSR count). The standard InChI is InChI=1S/C19H13F3O4/c1-3-5-17(24)25-11-6-7-12(14(20)10-11)13-8-9-15(19(22)18(13)21)26-16(23)4-2/h3-4,6-10H,1-2,5H2. The Morgan fingerprint density at radius 2 is 1.65 bits per heavy atom. The van der Waals surface area contributed by atoms with Crippen molar-refractivity contribution >= 4 is 11.9 Å². The van der Waals surface area contributed by atoms with E-state index in [2.05, 4.69) is 17.9 Å². The van der Waals surface area contributed by atoms with Crippen LogP contribution in [0.25, 0.3) is 11.1 Å². The van der Waals surface area contributed by atoms with E-state index in [9.17, 15) is 22.8 Å². The van der Waals surface area contributed by atoms with Gasteiger partial charge in [0.1, 0.15) is 11.6 Å². The van der Waals surface area contributed by atoms with Gasteiger partial charge in [0.15, 0.2) is 11.6 Å². The highest BCUT2D eigenvalue weighted by Gasteiger charge is 2.19. The molecule has 0 spiro atoms. The Morgan fingerprint density at radius 1 is 0.962 bits per heavy atom. The fourth-order valence-corrected chi connectivity index (χ4v) is 2.04. The number of ether oxygens (including phenoxy) is 2. The molecular formula is C19H13F3O4. The third-order valence-electron chi connectivity index (χ3n) is 3.20. The molecule has 0 saturated carbocycles. The number of carbonyl (C=O) groups is 2. The topological polar surface area (TPSA) is 52.6 Å². The van der Waals surface area contributed by atoms with E-state index in [1.54, 1.807) is 0 Å². The second-order valence-corrected chi connectivity index (χ2v) is 4.97. The number of carbonyl (C=O) groups excluding carboxylic acids is 2. The first-order chi connectivity index (χ1) is 12.4. The van der Waals surface area contributed by atoms with Gasteiger partial charge in [0.2, 0.25) is 5.82 Å². The van der Waals surface area contributed by atoms with E-state index in [-0.39, 0.29) is 23.3 Å². The molecule has 0 N–H and O–H groups in total. The summed E-state index contributed by atoms with van der Waals surface area (Å²) in [6, 6.07) is 5.30. The zero-order chi connectivity index (χ0) is 19.3. The molecule has 0 aliphatic heterocycles. The van der Waals surface area contributed by atoms with E-state index >= 15 is 0 Å². The lowest BCUT2D eigenvalue weighted by Gasteiger charge is -2.10. The van der Waals surface area contributed by atoms with Gasteiger partial charge in [0.05, 0.1) is 6.42 Å². The fraction of sp³-hybridized carbons (Fsp3) is 0.0526. The average Bonchev–Trinajstić information content (AvgIpc) is 2.60. The molecule has 0 radical (unpaired) electrons. The summed E-state index contributed by atoms with van der Waals surface area (Å²) in [5, 5.41) is 0. The normalized spacial score (nSPS) is 10.1. The molecule has 0 fully saturated rings. The molecule has 0 saturated heterocycles. The maximum Gasteiger partial charge on any atom is 0.335 e. The molecular weight excluding hydrogens is 349 g/mol. The maximum atomic E-state index is 14.2. The first kappa shape index (κ1) is 19.0. The summed E-state index contributed by atoms with van der Waals surface area (Å²) < 4.78 is 51.9. The first-order valence-electron chi connectivity index (χ1n) is 7.31. The van der Waals surface area contributed by atoms with Crippen LogP contribution in [0, 0.1) is 17.5 Å². The van der Waals surface area contributed by atoms with E-state index in [0.717, 1.165) is 30.3 Å². The van der Waals surface area contributed by atoms with E-state index < -0.39 is 35.1 Å². The Morgan fingerprint density at radius 3 is 2.27 bits per heavy atom. The largest absolute Gasteiger partial charge is 0.426 e. The molecule has 0 bridgehead atoms. The zero-order valence-electron chi connectivity index (χ0n) is 13.4. The minimum absolute atomic E-state index is 0.0614. The highest BCUT2D eigenvalue weighted by atomic mass is 19.2. The van der Waals surface area contributed by atoms with Crippen LogP contribution in [0.1, 0.15) is 6.42 Å². The summed E-state index contributed by atoms with van der Waals surface area (Å²) >= 11 is 0. The second-order valence-electron chi connectivity index (χ2n) is 4.97. The molecule has 2 aromatic carbocycles. The summed E-state index contributed by atoms with van der Waals surface area (Å²) in [5.74, 6) is -6.11. The van der Waals surface area contributed by atoms with E-state index in [1.807, 2.05) is 0 Å². The predicted molar refractivity (Wildman–Crippen MR) is 88.0 cm³/mol. The molecule has 2 aromatic rings. The van der Waals surface area contributed by atoms with Gasteiger partial charge in [0, 0.05) is 23.3 Å². The highest BCUT2D eigenvalue weighted by Crippen LogP contribution is 2.33. The van der Waals surface area contributed by atoms with Gasteiger partial charge in [-0.15, -0.1) is 6.58 Å². The Balaban J connectivity index is 2.35. The Kier molecular flexibility index (Phi) is 5.95. The zero-order valence-corrected chi connectivity index (χ0v) is 13.4. The van der Waals surface area contributed by atoms with Crippen LogP contribution in [0.4, 0.5) is 13.2 Å². The molecule has 0 unspecified atom stereocenters. The van der Waals surface area contributed by atoms with Gasteiger partial charge in [-0.05, 0) is 24.3 Å². The Bertz CT molecular complexity index is 891. The maximum absolute atomic E-state index is 14.2. The van der Waals surface area contributed by atoms with Crippen molar-refractivity contribution in [3.8, 4) is 22.6 Å². The lowest BCUT2D eigenvalue weighted by atomic mass is 10.0. The van der Waals surface area contributed by atoms with Crippen LogP contribution < -0.4 is 9.47 Å². The molecule has 0 amide bonds.